The molecule has 1 aliphatic carbocycles. The maximum Gasteiger partial charge on any atom is 0.147 e. The number of hydrogen-bond acceptors (Lipinski definition) is 3. The molecule has 9 heavy (non-hydrogen) atoms. The van der Waals surface area contributed by atoms with Gasteiger partial charge >= 0.3 is 0 Å². The van der Waals surface area contributed by atoms with Gasteiger partial charge in [0.1, 0.15) is 6.79 Å². The molecule has 0 unspecified atom stereocenters. The highest BCUT2D eigenvalue weighted by Crippen LogP contribution is 2.29. The van der Waals surface area contributed by atoms with Crippen molar-refractivity contribution in [2.45, 2.75) is 31.2 Å². The Kier molecular flexibility index (Phi) is 1.22. The molecule has 2 rings (SSSR count). The molecule has 1 aliphatic heterocycles. The molecule has 3 atom stereocenters. The Morgan fingerprint density at radius 2 is 1.67 bits per heavy atom. The number of aliphatic hydroxyl groups excluding tert-OH is 1. The van der Waals surface area contributed by atoms with E-state index < -0.39 is 0 Å². The molecular weight excluding hydrogens is 120 g/mol. The Morgan fingerprint density at radius 3 is 2.22 bits per heavy atom. The van der Waals surface area contributed by atoms with Gasteiger partial charge in [0.15, 0.2) is 0 Å². The molecule has 0 aromatic heterocycles. The van der Waals surface area contributed by atoms with Crippen LogP contribution in [0.1, 0.15) is 12.8 Å². The summed E-state index contributed by atoms with van der Waals surface area (Å²) in [7, 11) is 0. The summed E-state index contributed by atoms with van der Waals surface area (Å²) >= 11 is 0. The van der Waals surface area contributed by atoms with Crippen LogP contribution in [0.2, 0.25) is 0 Å². The van der Waals surface area contributed by atoms with Crippen molar-refractivity contribution in [3.8, 4) is 0 Å². The Bertz CT molecular complexity index is 103. The summed E-state index contributed by atoms with van der Waals surface area (Å²) in [5.41, 5.74) is 0. The van der Waals surface area contributed by atoms with Gasteiger partial charge in [0.25, 0.3) is 0 Å². The lowest BCUT2D eigenvalue weighted by Gasteiger charge is -2.01. The predicted molar refractivity (Wildman–Crippen MR) is 29.9 cm³/mol. The molecule has 0 spiro atoms. The summed E-state index contributed by atoms with van der Waals surface area (Å²) in [4.78, 5) is 0. The van der Waals surface area contributed by atoms with Crippen molar-refractivity contribution in [2.24, 2.45) is 0 Å². The van der Waals surface area contributed by atoms with Crippen LogP contribution >= 0.6 is 0 Å². The van der Waals surface area contributed by atoms with Gasteiger partial charge < -0.3 is 14.6 Å². The smallest absolute Gasteiger partial charge is 0.147 e. The van der Waals surface area contributed by atoms with E-state index >= 15 is 0 Å². The zero-order valence-corrected chi connectivity index (χ0v) is 5.12. The van der Waals surface area contributed by atoms with Gasteiger partial charge in [-0.2, -0.15) is 0 Å². The first-order chi connectivity index (χ1) is 4.36. The molecule has 0 bridgehead atoms. The van der Waals surface area contributed by atoms with E-state index in [0.29, 0.717) is 6.79 Å². The maximum absolute atomic E-state index is 9.07. The summed E-state index contributed by atoms with van der Waals surface area (Å²) < 4.78 is 10.3. The fraction of sp³-hybridized carbons (Fsp3) is 1.00. The standard InChI is InChI=1S/C6H10O3/c7-4-1-5-6(2-4)9-3-8-5/h4-7H,1-3H2/t4-,5-,6+. The van der Waals surface area contributed by atoms with Crippen LogP contribution in [-0.4, -0.2) is 30.2 Å². The van der Waals surface area contributed by atoms with Crippen molar-refractivity contribution in [1.82, 2.24) is 0 Å². The van der Waals surface area contributed by atoms with E-state index in [1.807, 2.05) is 0 Å². The molecule has 1 N–H and O–H groups in total. The van der Waals surface area contributed by atoms with Gasteiger partial charge in [0, 0.05) is 12.8 Å². The summed E-state index contributed by atoms with van der Waals surface area (Å²) in [6, 6.07) is 0. The van der Waals surface area contributed by atoms with Crippen LogP contribution in [-0.2, 0) is 9.47 Å². The van der Waals surface area contributed by atoms with E-state index in [-0.39, 0.29) is 18.3 Å². The summed E-state index contributed by atoms with van der Waals surface area (Å²) in [5, 5.41) is 9.07. The number of rotatable bonds is 0. The fourth-order valence-corrected chi connectivity index (χ4v) is 1.50. The third kappa shape index (κ3) is 0.852. The summed E-state index contributed by atoms with van der Waals surface area (Å²) in [5.74, 6) is 0. The lowest BCUT2D eigenvalue weighted by atomic mass is 10.3. The maximum atomic E-state index is 9.07. The van der Waals surface area contributed by atoms with E-state index in [1.54, 1.807) is 0 Å². The van der Waals surface area contributed by atoms with E-state index in [2.05, 4.69) is 0 Å². The average molecular weight is 130 g/mol. The Balaban J connectivity index is 2.02. The third-order valence-electron chi connectivity index (χ3n) is 1.99. The van der Waals surface area contributed by atoms with Crippen LogP contribution in [0.15, 0.2) is 0 Å². The second-order valence-corrected chi connectivity index (χ2v) is 2.65. The molecule has 0 aromatic carbocycles. The predicted octanol–water partition coefficient (Wildman–Crippen LogP) is -0.117. The first-order valence-corrected chi connectivity index (χ1v) is 3.27. The Labute approximate surface area is 53.6 Å². The normalized spacial score (nSPS) is 49.7. The van der Waals surface area contributed by atoms with Crippen molar-refractivity contribution in [2.75, 3.05) is 6.79 Å². The lowest BCUT2D eigenvalue weighted by Crippen LogP contribution is -2.13. The minimum absolute atomic E-state index is 0.181. The van der Waals surface area contributed by atoms with Crippen molar-refractivity contribution in [3.05, 3.63) is 0 Å². The number of fused-ring (bicyclic) bond motifs is 1. The van der Waals surface area contributed by atoms with Crippen LogP contribution in [0, 0.1) is 0 Å². The van der Waals surface area contributed by atoms with Crippen molar-refractivity contribution in [3.63, 3.8) is 0 Å². The van der Waals surface area contributed by atoms with E-state index in [1.165, 1.54) is 0 Å². The first-order valence-electron chi connectivity index (χ1n) is 3.27. The van der Waals surface area contributed by atoms with Gasteiger partial charge in [0.05, 0.1) is 18.3 Å². The molecule has 1 saturated heterocycles. The van der Waals surface area contributed by atoms with Gasteiger partial charge in [0.2, 0.25) is 0 Å². The SMILES string of the molecule is O[C@H]1C[C@@H]2OCO[C@@H]2C1. The average Bonchev–Trinajstić information content (AvgIpc) is 2.22. The van der Waals surface area contributed by atoms with E-state index in [0.717, 1.165) is 12.8 Å². The van der Waals surface area contributed by atoms with Crippen LogP contribution in [0.3, 0.4) is 0 Å². The molecule has 1 heterocycles. The molecule has 3 nitrogen and oxygen atoms in total. The summed E-state index contributed by atoms with van der Waals surface area (Å²) in [6.45, 7) is 0.419. The second-order valence-electron chi connectivity index (χ2n) is 2.65. The molecule has 2 aliphatic rings. The Hall–Kier alpha value is -0.120. The largest absolute Gasteiger partial charge is 0.393 e. The fourth-order valence-electron chi connectivity index (χ4n) is 1.50. The van der Waals surface area contributed by atoms with Crippen LogP contribution in [0.5, 0.6) is 0 Å². The number of hydrogen-bond donors (Lipinski definition) is 1. The van der Waals surface area contributed by atoms with Gasteiger partial charge in [-0.15, -0.1) is 0 Å². The van der Waals surface area contributed by atoms with Crippen LogP contribution < -0.4 is 0 Å². The number of aliphatic hydroxyl groups is 1. The number of ether oxygens (including phenoxy) is 2. The van der Waals surface area contributed by atoms with Crippen LogP contribution in [0.25, 0.3) is 0 Å². The molecule has 2 fully saturated rings. The highest BCUT2D eigenvalue weighted by Gasteiger charge is 2.38. The van der Waals surface area contributed by atoms with Crippen molar-refractivity contribution < 1.29 is 14.6 Å². The molecular formula is C6H10O3. The van der Waals surface area contributed by atoms with E-state index in [9.17, 15) is 0 Å². The quantitative estimate of drug-likeness (QED) is 0.497. The first kappa shape index (κ1) is 5.65. The van der Waals surface area contributed by atoms with Crippen LogP contribution in [0.4, 0.5) is 0 Å². The molecule has 3 heteroatoms. The van der Waals surface area contributed by atoms with Gasteiger partial charge in [-0.05, 0) is 0 Å². The zero-order valence-electron chi connectivity index (χ0n) is 5.12. The molecule has 0 radical (unpaired) electrons. The topological polar surface area (TPSA) is 38.7 Å². The zero-order chi connectivity index (χ0) is 6.27. The van der Waals surface area contributed by atoms with E-state index in [4.69, 9.17) is 14.6 Å². The lowest BCUT2D eigenvalue weighted by molar-refractivity contribution is 0.00835. The molecule has 0 aromatic rings. The van der Waals surface area contributed by atoms with Crippen molar-refractivity contribution in [1.29, 1.82) is 0 Å². The Morgan fingerprint density at radius 1 is 1.11 bits per heavy atom. The van der Waals surface area contributed by atoms with Crippen molar-refractivity contribution >= 4 is 0 Å². The minimum atomic E-state index is -0.194. The van der Waals surface area contributed by atoms with Gasteiger partial charge in [-0.1, -0.05) is 0 Å². The third-order valence-corrected chi connectivity index (χ3v) is 1.99. The molecule has 0 amide bonds. The monoisotopic (exact) mass is 130 g/mol. The second kappa shape index (κ2) is 1.94. The summed E-state index contributed by atoms with van der Waals surface area (Å²) in [6.07, 6.45) is 1.68. The highest BCUT2D eigenvalue weighted by molar-refractivity contribution is 4.86. The van der Waals surface area contributed by atoms with Gasteiger partial charge in [-0.3, -0.25) is 0 Å². The highest BCUT2D eigenvalue weighted by atomic mass is 16.7. The van der Waals surface area contributed by atoms with Gasteiger partial charge in [-0.25, -0.2) is 0 Å². The molecule has 1 saturated carbocycles. The minimum Gasteiger partial charge on any atom is -0.393 e. The molecule has 52 valence electrons.